The zero-order valence-electron chi connectivity index (χ0n) is 18.0. The molecule has 168 valence electrons. The van der Waals surface area contributed by atoms with E-state index in [1.54, 1.807) is 18.2 Å². The third kappa shape index (κ3) is 3.31. The van der Waals surface area contributed by atoms with E-state index in [4.69, 9.17) is 5.11 Å². The molecule has 7 nitrogen and oxygen atoms in total. The van der Waals surface area contributed by atoms with Gasteiger partial charge in [0.2, 0.25) is 0 Å². The predicted octanol–water partition coefficient (Wildman–Crippen LogP) is 4.69. The molecule has 3 aliphatic rings. The molecule has 6 atom stereocenters. The van der Waals surface area contributed by atoms with Crippen LogP contribution in [-0.4, -0.2) is 38.6 Å². The van der Waals surface area contributed by atoms with Crippen LogP contribution >= 0.6 is 0 Å². The molecule has 0 aliphatic heterocycles. The average Bonchev–Trinajstić information content (AvgIpc) is 3.01. The summed E-state index contributed by atoms with van der Waals surface area (Å²) in [4.78, 5) is 11.0. The van der Waals surface area contributed by atoms with E-state index in [1.165, 1.54) is 17.7 Å². The van der Waals surface area contributed by atoms with E-state index >= 15 is 0 Å². The molecule has 3 aliphatic carbocycles. The summed E-state index contributed by atoms with van der Waals surface area (Å²) in [5.41, 5.74) is 3.17. The standard InChI is InChI=1S/C25H28N2O5/c1-25-9-8-16-17(19(25)12-22(29)23(25)30)7-4-14-10-21(28)20(11-18(14)16)27-26-15-5-2-13(3-6-15)24(31)32/h2-3,5-6,10-11,16-17,19,22-23,28-30H,4,7-9,12H2,1H3,(H,31,32)/t16-,17+,19-,22+,23-,25-/m0/s1. The van der Waals surface area contributed by atoms with Gasteiger partial charge >= 0.3 is 5.97 Å². The van der Waals surface area contributed by atoms with E-state index in [0.717, 1.165) is 31.2 Å². The Kier molecular flexibility index (Phi) is 5.06. The molecule has 5 rings (SSSR count). The van der Waals surface area contributed by atoms with E-state index in [0.29, 0.717) is 29.6 Å². The molecule has 2 aromatic rings. The van der Waals surface area contributed by atoms with Gasteiger partial charge in [0, 0.05) is 0 Å². The SMILES string of the molecule is C[C@]12CC[C@@H]3c4cc(N=Nc5ccc(C(=O)O)cc5)c(O)cc4CC[C@H]3[C@@H]1C[C@@H](O)[C@@H]2O. The maximum absolute atomic E-state index is 11.0. The first kappa shape index (κ1) is 21.1. The van der Waals surface area contributed by atoms with Crippen molar-refractivity contribution < 1.29 is 25.2 Å². The van der Waals surface area contributed by atoms with Gasteiger partial charge in [-0.05, 0) is 103 Å². The van der Waals surface area contributed by atoms with Crippen molar-refractivity contribution in [1.29, 1.82) is 0 Å². The fourth-order valence-electron chi connectivity index (χ4n) is 6.45. The van der Waals surface area contributed by atoms with Crippen molar-refractivity contribution in [2.24, 2.45) is 27.5 Å². The molecule has 4 N–H and O–H groups in total. The minimum Gasteiger partial charge on any atom is -0.506 e. The van der Waals surface area contributed by atoms with Crippen molar-refractivity contribution in [2.45, 2.75) is 57.2 Å². The summed E-state index contributed by atoms with van der Waals surface area (Å²) in [5, 5.41) is 48.9. The zero-order valence-corrected chi connectivity index (χ0v) is 18.0. The summed E-state index contributed by atoms with van der Waals surface area (Å²) in [6.07, 6.45) is 2.99. The molecule has 0 radical (unpaired) electrons. The zero-order chi connectivity index (χ0) is 22.6. The van der Waals surface area contributed by atoms with Crippen molar-refractivity contribution in [3.05, 3.63) is 53.1 Å². The van der Waals surface area contributed by atoms with E-state index in [1.807, 2.05) is 6.07 Å². The number of aliphatic hydroxyl groups is 2. The molecule has 2 aromatic carbocycles. The minimum atomic E-state index is -0.999. The topological polar surface area (TPSA) is 123 Å². The van der Waals surface area contributed by atoms with Crippen molar-refractivity contribution in [1.82, 2.24) is 0 Å². The van der Waals surface area contributed by atoms with Gasteiger partial charge in [0.15, 0.2) is 0 Å². The van der Waals surface area contributed by atoms with Gasteiger partial charge in [0.05, 0.1) is 23.5 Å². The second kappa shape index (κ2) is 7.67. The second-order valence-corrected chi connectivity index (χ2v) is 9.80. The van der Waals surface area contributed by atoms with Gasteiger partial charge in [-0.1, -0.05) is 6.92 Å². The van der Waals surface area contributed by atoms with Gasteiger partial charge in [0.1, 0.15) is 11.4 Å². The molecular formula is C25H28N2O5. The number of aliphatic hydroxyl groups excluding tert-OH is 2. The van der Waals surface area contributed by atoms with Crippen LogP contribution in [0.15, 0.2) is 46.6 Å². The summed E-state index contributed by atoms with van der Waals surface area (Å²) in [7, 11) is 0. The van der Waals surface area contributed by atoms with Gasteiger partial charge in [-0.2, -0.15) is 5.11 Å². The predicted molar refractivity (Wildman–Crippen MR) is 118 cm³/mol. The van der Waals surface area contributed by atoms with Crippen LogP contribution in [0.25, 0.3) is 0 Å². The lowest BCUT2D eigenvalue weighted by molar-refractivity contribution is -0.0505. The molecule has 0 heterocycles. The first-order valence-corrected chi connectivity index (χ1v) is 11.2. The molecule has 32 heavy (non-hydrogen) atoms. The molecule has 0 bridgehead atoms. The first-order chi connectivity index (χ1) is 15.3. The Morgan fingerprint density at radius 2 is 1.84 bits per heavy atom. The Morgan fingerprint density at radius 1 is 1.09 bits per heavy atom. The number of phenols is 1. The highest BCUT2D eigenvalue weighted by Gasteiger charge is 2.57. The average molecular weight is 437 g/mol. The van der Waals surface area contributed by atoms with Gasteiger partial charge in [0.25, 0.3) is 0 Å². The third-order valence-electron chi connectivity index (χ3n) is 8.18. The summed E-state index contributed by atoms with van der Waals surface area (Å²) in [5.74, 6) is 0.0809. The fraction of sp³-hybridized carbons (Fsp3) is 0.480. The number of carboxylic acid groups (broad SMARTS) is 1. The monoisotopic (exact) mass is 436 g/mol. The Morgan fingerprint density at radius 3 is 2.56 bits per heavy atom. The van der Waals surface area contributed by atoms with Crippen molar-refractivity contribution >= 4 is 17.3 Å². The molecule has 7 heteroatoms. The number of aryl methyl sites for hydroxylation is 1. The number of aromatic carboxylic acids is 1. The second-order valence-electron chi connectivity index (χ2n) is 9.80. The summed E-state index contributed by atoms with van der Waals surface area (Å²) < 4.78 is 0. The van der Waals surface area contributed by atoms with Gasteiger partial charge in [-0.3, -0.25) is 0 Å². The Bertz CT molecular complexity index is 1080. The molecule has 0 aromatic heterocycles. The number of carboxylic acids is 1. The highest BCUT2D eigenvalue weighted by atomic mass is 16.4. The minimum absolute atomic E-state index is 0.0838. The number of rotatable bonds is 3. The van der Waals surface area contributed by atoms with Crippen LogP contribution < -0.4 is 0 Å². The van der Waals surface area contributed by atoms with E-state index in [-0.39, 0.29) is 22.6 Å². The quantitative estimate of drug-likeness (QED) is 0.520. The van der Waals surface area contributed by atoms with Crippen LogP contribution in [-0.2, 0) is 6.42 Å². The third-order valence-corrected chi connectivity index (χ3v) is 8.18. The lowest BCUT2D eigenvalue weighted by Gasteiger charge is -2.49. The largest absolute Gasteiger partial charge is 0.506 e. The summed E-state index contributed by atoms with van der Waals surface area (Å²) >= 11 is 0. The molecule has 0 unspecified atom stereocenters. The Labute approximate surface area is 186 Å². The van der Waals surface area contributed by atoms with Crippen molar-refractivity contribution in [3.63, 3.8) is 0 Å². The first-order valence-electron chi connectivity index (χ1n) is 11.2. The number of fused-ring (bicyclic) bond motifs is 5. The molecule has 2 fully saturated rings. The summed E-state index contributed by atoms with van der Waals surface area (Å²) in [6.45, 7) is 2.12. The van der Waals surface area contributed by atoms with Crippen molar-refractivity contribution in [3.8, 4) is 5.75 Å². The number of carbonyl (C=O) groups is 1. The number of azo groups is 1. The molecule has 0 saturated heterocycles. The van der Waals surface area contributed by atoms with Crippen LogP contribution in [0.2, 0.25) is 0 Å². The van der Waals surface area contributed by atoms with Crippen molar-refractivity contribution in [2.75, 3.05) is 0 Å². The van der Waals surface area contributed by atoms with Crippen LogP contribution in [0.4, 0.5) is 11.4 Å². The smallest absolute Gasteiger partial charge is 0.335 e. The maximum atomic E-state index is 11.0. The number of aromatic hydroxyl groups is 1. The molecule has 2 saturated carbocycles. The van der Waals surface area contributed by atoms with Crippen LogP contribution in [0.3, 0.4) is 0 Å². The van der Waals surface area contributed by atoms with Crippen LogP contribution in [0.1, 0.15) is 60.0 Å². The highest BCUT2D eigenvalue weighted by Crippen LogP contribution is 2.61. The number of hydrogen-bond acceptors (Lipinski definition) is 6. The van der Waals surface area contributed by atoms with Gasteiger partial charge in [-0.15, -0.1) is 5.11 Å². The van der Waals surface area contributed by atoms with E-state index < -0.39 is 18.2 Å². The van der Waals surface area contributed by atoms with E-state index in [2.05, 4.69) is 17.2 Å². The highest BCUT2D eigenvalue weighted by molar-refractivity contribution is 5.87. The van der Waals surface area contributed by atoms with Gasteiger partial charge in [-0.25, -0.2) is 4.79 Å². The fourth-order valence-corrected chi connectivity index (χ4v) is 6.45. The number of nitrogens with zero attached hydrogens (tertiary/aromatic N) is 2. The number of phenolic OH excluding ortho intramolecular Hbond substituents is 1. The van der Waals surface area contributed by atoms with Crippen LogP contribution in [0, 0.1) is 17.3 Å². The molecular weight excluding hydrogens is 408 g/mol. The Hall–Kier alpha value is -2.77. The lowest BCUT2D eigenvalue weighted by Crippen LogP contribution is -2.44. The molecule has 0 amide bonds. The molecule has 0 spiro atoms. The Balaban J connectivity index is 1.43. The lowest BCUT2D eigenvalue weighted by atomic mass is 9.55. The number of benzene rings is 2. The number of hydrogen-bond donors (Lipinski definition) is 4. The van der Waals surface area contributed by atoms with Gasteiger partial charge < -0.3 is 20.4 Å². The van der Waals surface area contributed by atoms with Crippen LogP contribution in [0.5, 0.6) is 5.75 Å². The maximum Gasteiger partial charge on any atom is 0.335 e. The summed E-state index contributed by atoms with van der Waals surface area (Å²) in [6, 6.07) is 9.82. The normalized spacial score (nSPS) is 33.5. The van der Waals surface area contributed by atoms with E-state index in [9.17, 15) is 20.1 Å².